The maximum atomic E-state index is 5.75. The lowest BCUT2D eigenvalue weighted by Crippen LogP contribution is -2.43. The molecule has 1 aromatic carbocycles. The van der Waals surface area contributed by atoms with Crippen LogP contribution in [0.4, 0.5) is 5.69 Å². The van der Waals surface area contributed by atoms with E-state index in [1.165, 1.54) is 43.4 Å². The first-order valence-electron chi connectivity index (χ1n) is 8.29. The molecule has 2 unspecified atom stereocenters. The van der Waals surface area contributed by atoms with Gasteiger partial charge >= 0.3 is 0 Å². The Labute approximate surface area is 124 Å². The van der Waals surface area contributed by atoms with Gasteiger partial charge in [-0.3, -0.25) is 0 Å². The van der Waals surface area contributed by atoms with E-state index in [4.69, 9.17) is 5.73 Å². The second kappa shape index (κ2) is 7.68. The molecule has 0 heterocycles. The monoisotopic (exact) mass is 274 g/mol. The van der Waals surface area contributed by atoms with Crippen LogP contribution in [0.3, 0.4) is 0 Å². The van der Waals surface area contributed by atoms with Crippen molar-refractivity contribution in [1.29, 1.82) is 0 Å². The van der Waals surface area contributed by atoms with Gasteiger partial charge in [0.15, 0.2) is 0 Å². The highest BCUT2D eigenvalue weighted by molar-refractivity contribution is 5.48. The van der Waals surface area contributed by atoms with Crippen LogP contribution >= 0.6 is 0 Å². The predicted molar refractivity (Wildman–Crippen MR) is 88.2 cm³/mol. The van der Waals surface area contributed by atoms with Gasteiger partial charge in [-0.2, -0.15) is 0 Å². The molecular formula is C18H30N2. The van der Waals surface area contributed by atoms with Crippen molar-refractivity contribution in [1.82, 2.24) is 0 Å². The summed E-state index contributed by atoms with van der Waals surface area (Å²) in [6.45, 7) is 6.38. The maximum absolute atomic E-state index is 5.75. The van der Waals surface area contributed by atoms with Crippen molar-refractivity contribution in [2.45, 2.75) is 58.4 Å². The van der Waals surface area contributed by atoms with Crippen LogP contribution in [0.5, 0.6) is 0 Å². The van der Waals surface area contributed by atoms with Gasteiger partial charge in [0.25, 0.3) is 0 Å². The fraction of sp³-hybridized carbons (Fsp3) is 0.667. The summed E-state index contributed by atoms with van der Waals surface area (Å²) in [4.78, 5) is 2.64. The molecule has 1 saturated carbocycles. The lowest BCUT2D eigenvalue weighted by Gasteiger charge is -2.41. The van der Waals surface area contributed by atoms with Crippen molar-refractivity contribution in [3.8, 4) is 0 Å². The summed E-state index contributed by atoms with van der Waals surface area (Å²) < 4.78 is 0. The summed E-state index contributed by atoms with van der Waals surface area (Å²) in [6, 6.07) is 9.74. The zero-order valence-corrected chi connectivity index (χ0v) is 13.1. The predicted octanol–water partition coefficient (Wildman–Crippen LogP) is 4.12. The molecule has 0 radical (unpaired) electrons. The highest BCUT2D eigenvalue weighted by atomic mass is 15.2. The minimum atomic E-state index is 0.711. The Morgan fingerprint density at radius 2 is 1.85 bits per heavy atom. The molecule has 20 heavy (non-hydrogen) atoms. The van der Waals surface area contributed by atoms with E-state index in [-0.39, 0.29) is 0 Å². The molecule has 0 bridgehead atoms. The Hall–Kier alpha value is -1.02. The summed E-state index contributed by atoms with van der Waals surface area (Å²) in [5, 5.41) is 0. The van der Waals surface area contributed by atoms with Crippen molar-refractivity contribution in [3.63, 3.8) is 0 Å². The molecule has 2 nitrogen and oxygen atoms in total. The quantitative estimate of drug-likeness (QED) is 0.845. The van der Waals surface area contributed by atoms with Gasteiger partial charge in [0.1, 0.15) is 0 Å². The molecule has 1 fully saturated rings. The molecular weight excluding hydrogens is 244 g/mol. The second-order valence-corrected chi connectivity index (χ2v) is 6.19. The Bertz CT molecular complexity index is 385. The van der Waals surface area contributed by atoms with Crippen molar-refractivity contribution >= 4 is 5.69 Å². The van der Waals surface area contributed by atoms with E-state index in [0.717, 1.165) is 25.4 Å². The molecule has 0 aliphatic heterocycles. The van der Waals surface area contributed by atoms with Gasteiger partial charge in [-0.05, 0) is 50.8 Å². The number of nitrogens with zero attached hydrogens (tertiary/aromatic N) is 1. The van der Waals surface area contributed by atoms with E-state index in [2.05, 4.69) is 43.0 Å². The number of aryl methyl sites for hydroxylation is 1. The number of nitrogens with two attached hydrogens (primary N) is 1. The van der Waals surface area contributed by atoms with Crippen LogP contribution in [0.2, 0.25) is 0 Å². The van der Waals surface area contributed by atoms with E-state index in [0.29, 0.717) is 6.04 Å². The van der Waals surface area contributed by atoms with Gasteiger partial charge in [-0.15, -0.1) is 0 Å². The molecule has 1 aliphatic rings. The number of benzene rings is 1. The summed E-state index contributed by atoms with van der Waals surface area (Å²) in [7, 11) is 0. The van der Waals surface area contributed by atoms with Gasteiger partial charge < -0.3 is 10.6 Å². The number of hydrogen-bond donors (Lipinski definition) is 1. The summed E-state index contributed by atoms with van der Waals surface area (Å²) in [5.41, 5.74) is 8.47. The van der Waals surface area contributed by atoms with E-state index in [9.17, 15) is 0 Å². The number of anilines is 1. The minimum absolute atomic E-state index is 0.711. The van der Waals surface area contributed by atoms with Crippen molar-refractivity contribution in [3.05, 3.63) is 29.8 Å². The first-order valence-corrected chi connectivity index (χ1v) is 8.29. The van der Waals surface area contributed by atoms with Crippen LogP contribution in [0.25, 0.3) is 0 Å². The van der Waals surface area contributed by atoms with Crippen LogP contribution in [0.15, 0.2) is 24.3 Å². The van der Waals surface area contributed by atoms with Crippen LogP contribution in [-0.4, -0.2) is 19.1 Å². The topological polar surface area (TPSA) is 29.3 Å². The molecule has 1 aromatic rings. The fourth-order valence-corrected chi connectivity index (χ4v) is 3.56. The molecule has 1 aliphatic carbocycles. The average molecular weight is 274 g/mol. The van der Waals surface area contributed by atoms with Gasteiger partial charge in [0, 0.05) is 18.3 Å². The Kier molecular flexibility index (Phi) is 5.90. The van der Waals surface area contributed by atoms with Gasteiger partial charge in [-0.1, -0.05) is 43.9 Å². The Morgan fingerprint density at radius 3 is 2.50 bits per heavy atom. The Balaban J connectivity index is 2.18. The van der Waals surface area contributed by atoms with Gasteiger partial charge in [0.05, 0.1) is 0 Å². The first kappa shape index (κ1) is 15.4. The fourth-order valence-electron chi connectivity index (χ4n) is 3.56. The number of rotatable bonds is 6. The van der Waals surface area contributed by atoms with E-state index >= 15 is 0 Å². The van der Waals surface area contributed by atoms with E-state index in [1.807, 2.05) is 0 Å². The third-order valence-electron chi connectivity index (χ3n) is 4.76. The molecule has 0 saturated heterocycles. The third-order valence-corrected chi connectivity index (χ3v) is 4.76. The zero-order chi connectivity index (χ0) is 14.4. The lowest BCUT2D eigenvalue weighted by atomic mass is 9.81. The minimum Gasteiger partial charge on any atom is -0.368 e. The van der Waals surface area contributed by atoms with Crippen LogP contribution < -0.4 is 10.6 Å². The third kappa shape index (κ3) is 3.76. The van der Waals surface area contributed by atoms with Gasteiger partial charge in [-0.25, -0.2) is 0 Å². The smallest absolute Gasteiger partial charge is 0.0368 e. The number of hydrogen-bond acceptors (Lipinski definition) is 2. The molecule has 2 rings (SSSR count). The summed E-state index contributed by atoms with van der Waals surface area (Å²) in [6.07, 6.45) is 7.92. The van der Waals surface area contributed by atoms with Crippen LogP contribution in [0, 0.1) is 12.8 Å². The van der Waals surface area contributed by atoms with Crippen LogP contribution in [-0.2, 0) is 0 Å². The van der Waals surface area contributed by atoms with Crippen molar-refractivity contribution in [2.24, 2.45) is 11.7 Å². The van der Waals surface area contributed by atoms with Gasteiger partial charge in [0.2, 0.25) is 0 Å². The molecule has 112 valence electrons. The van der Waals surface area contributed by atoms with E-state index < -0.39 is 0 Å². The second-order valence-electron chi connectivity index (χ2n) is 6.19. The summed E-state index contributed by atoms with van der Waals surface area (Å²) >= 11 is 0. The highest BCUT2D eigenvalue weighted by Gasteiger charge is 2.28. The zero-order valence-electron chi connectivity index (χ0n) is 13.1. The highest BCUT2D eigenvalue weighted by Crippen LogP contribution is 2.33. The first-order chi connectivity index (χ1) is 9.76. The Morgan fingerprint density at radius 1 is 1.15 bits per heavy atom. The standard InChI is InChI=1S/C18H30N2/c1-3-16-7-4-5-8-18(16)20(14-6-13-19)17-11-9-15(2)10-12-17/h9-12,16,18H,3-8,13-14,19H2,1-2H3. The van der Waals surface area contributed by atoms with Crippen molar-refractivity contribution in [2.75, 3.05) is 18.0 Å². The molecule has 0 amide bonds. The molecule has 0 aromatic heterocycles. The maximum Gasteiger partial charge on any atom is 0.0368 e. The summed E-state index contributed by atoms with van der Waals surface area (Å²) in [5.74, 6) is 0.850. The largest absolute Gasteiger partial charge is 0.368 e. The molecule has 2 heteroatoms. The average Bonchev–Trinajstić information content (AvgIpc) is 2.50. The lowest BCUT2D eigenvalue weighted by molar-refractivity contribution is 0.284. The van der Waals surface area contributed by atoms with Crippen molar-refractivity contribution < 1.29 is 0 Å². The molecule has 2 N–H and O–H groups in total. The normalized spacial score (nSPS) is 22.8. The molecule has 2 atom stereocenters. The van der Waals surface area contributed by atoms with Crippen LogP contribution in [0.1, 0.15) is 51.0 Å². The van der Waals surface area contributed by atoms with E-state index in [1.54, 1.807) is 0 Å². The SMILES string of the molecule is CCC1CCCCC1N(CCCN)c1ccc(C)cc1. The molecule has 0 spiro atoms.